The van der Waals surface area contributed by atoms with Gasteiger partial charge in [0.25, 0.3) is 11.1 Å². The van der Waals surface area contributed by atoms with Crippen molar-refractivity contribution in [3.05, 3.63) is 99.2 Å². The van der Waals surface area contributed by atoms with Gasteiger partial charge in [0, 0.05) is 10.6 Å². The lowest BCUT2D eigenvalue weighted by atomic mass is 10.1. The van der Waals surface area contributed by atoms with Gasteiger partial charge in [-0.25, -0.2) is 9.18 Å². The molecule has 178 valence electrons. The van der Waals surface area contributed by atoms with Crippen LogP contribution in [0.25, 0.3) is 6.08 Å². The molecule has 0 aromatic heterocycles. The van der Waals surface area contributed by atoms with Gasteiger partial charge in [0.05, 0.1) is 23.6 Å². The number of imide groups is 1. The van der Waals surface area contributed by atoms with Gasteiger partial charge in [-0.15, -0.1) is 0 Å². The van der Waals surface area contributed by atoms with Crippen molar-refractivity contribution in [3.63, 3.8) is 0 Å². The van der Waals surface area contributed by atoms with Crippen molar-refractivity contribution in [1.29, 1.82) is 0 Å². The minimum atomic E-state index is -0.579. The summed E-state index contributed by atoms with van der Waals surface area (Å²) in [6.45, 7) is 1.94. The topological polar surface area (TPSA) is 72.9 Å². The Hall–Kier alpha value is -3.62. The molecule has 1 heterocycles. The molecule has 1 saturated heterocycles. The van der Waals surface area contributed by atoms with E-state index >= 15 is 0 Å². The van der Waals surface area contributed by atoms with Crippen molar-refractivity contribution in [2.24, 2.45) is 0 Å². The van der Waals surface area contributed by atoms with Crippen molar-refractivity contribution >= 4 is 46.6 Å². The van der Waals surface area contributed by atoms with Crippen molar-refractivity contribution in [3.8, 4) is 11.5 Å². The molecule has 6 nitrogen and oxygen atoms in total. The smallest absolute Gasteiger partial charge is 0.343 e. The molecule has 4 rings (SSSR count). The highest BCUT2D eigenvalue weighted by molar-refractivity contribution is 8.18. The van der Waals surface area contributed by atoms with Crippen LogP contribution in [0, 0.1) is 5.82 Å². The monoisotopic (exact) mass is 511 g/mol. The molecule has 0 N–H and O–H groups in total. The molecule has 9 heteroatoms. The Balaban J connectivity index is 1.54. The number of ether oxygens (including phenoxy) is 2. The SMILES string of the molecule is CCOc1cc(/C=C2\SC(=O)N(Cc3ccccc3F)C2=O)ccc1OC(=O)c1ccc(Cl)cc1. The predicted octanol–water partition coefficient (Wildman–Crippen LogP) is 6.33. The van der Waals surface area contributed by atoms with E-state index in [2.05, 4.69) is 0 Å². The van der Waals surface area contributed by atoms with E-state index in [9.17, 15) is 18.8 Å². The van der Waals surface area contributed by atoms with Gasteiger partial charge in [0.15, 0.2) is 11.5 Å². The quantitative estimate of drug-likeness (QED) is 0.209. The third-order valence-corrected chi connectivity index (χ3v) is 6.17. The summed E-state index contributed by atoms with van der Waals surface area (Å²) in [7, 11) is 0. The normalized spacial score (nSPS) is 14.5. The van der Waals surface area contributed by atoms with Gasteiger partial charge < -0.3 is 9.47 Å². The standard InChI is InChI=1S/C26H19ClFNO5S/c1-2-33-22-13-16(7-12-21(22)34-25(31)17-8-10-19(27)11-9-17)14-23-24(30)29(26(32)35-23)15-18-5-3-4-6-20(18)28/h3-14H,2,15H2,1H3/b23-14-. The highest BCUT2D eigenvalue weighted by Crippen LogP contribution is 2.36. The van der Waals surface area contributed by atoms with Crippen LogP contribution in [0.15, 0.2) is 71.6 Å². The van der Waals surface area contributed by atoms with Crippen molar-refractivity contribution in [2.45, 2.75) is 13.5 Å². The van der Waals surface area contributed by atoms with Gasteiger partial charge in [-0.05, 0) is 72.8 Å². The third kappa shape index (κ3) is 5.72. The number of hydrogen-bond donors (Lipinski definition) is 0. The Morgan fingerprint density at radius 1 is 1.06 bits per heavy atom. The number of esters is 1. The number of carbonyl (C=O) groups is 3. The van der Waals surface area contributed by atoms with Crippen LogP contribution in [-0.4, -0.2) is 28.6 Å². The summed E-state index contributed by atoms with van der Waals surface area (Å²) >= 11 is 6.64. The number of benzene rings is 3. The average Bonchev–Trinajstić information content (AvgIpc) is 3.10. The van der Waals surface area contributed by atoms with Crippen LogP contribution in [-0.2, 0) is 11.3 Å². The largest absolute Gasteiger partial charge is 0.490 e. The number of halogens is 2. The zero-order valence-electron chi connectivity index (χ0n) is 18.5. The zero-order valence-corrected chi connectivity index (χ0v) is 20.1. The number of rotatable bonds is 7. The lowest BCUT2D eigenvalue weighted by molar-refractivity contribution is -0.123. The minimum absolute atomic E-state index is 0.154. The van der Waals surface area contributed by atoms with Crippen molar-refractivity contribution in [2.75, 3.05) is 6.61 Å². The first-order valence-corrected chi connectivity index (χ1v) is 11.8. The lowest BCUT2D eigenvalue weighted by Crippen LogP contribution is -2.27. The Bertz CT molecular complexity index is 1330. The molecule has 0 bridgehead atoms. The average molecular weight is 512 g/mol. The Morgan fingerprint density at radius 3 is 2.51 bits per heavy atom. The molecular formula is C26H19ClFNO5S. The van der Waals surface area contributed by atoms with Crippen LogP contribution in [0.4, 0.5) is 9.18 Å². The summed E-state index contributed by atoms with van der Waals surface area (Å²) in [6.07, 6.45) is 1.54. The summed E-state index contributed by atoms with van der Waals surface area (Å²) in [6, 6.07) is 17.1. The second-order valence-corrected chi connectivity index (χ2v) is 8.82. The fourth-order valence-corrected chi connectivity index (χ4v) is 4.26. The molecule has 0 radical (unpaired) electrons. The van der Waals surface area contributed by atoms with Gasteiger partial charge in [0.2, 0.25) is 0 Å². The molecule has 0 atom stereocenters. The highest BCUT2D eigenvalue weighted by atomic mass is 35.5. The van der Waals surface area contributed by atoms with Crippen LogP contribution >= 0.6 is 23.4 Å². The Labute approximate surface area is 210 Å². The van der Waals surface area contributed by atoms with Gasteiger partial charge in [-0.2, -0.15) is 0 Å². The van der Waals surface area contributed by atoms with Crippen LogP contribution < -0.4 is 9.47 Å². The summed E-state index contributed by atoms with van der Waals surface area (Å²) in [5, 5.41) is 0.0160. The second-order valence-electron chi connectivity index (χ2n) is 7.39. The van der Waals surface area contributed by atoms with E-state index < -0.39 is 22.9 Å². The number of amides is 2. The van der Waals surface area contributed by atoms with Gasteiger partial charge in [-0.3, -0.25) is 14.5 Å². The fourth-order valence-electron chi connectivity index (χ4n) is 3.30. The molecule has 0 saturated carbocycles. The third-order valence-electron chi connectivity index (χ3n) is 5.01. The van der Waals surface area contributed by atoms with Gasteiger partial charge in [0.1, 0.15) is 5.82 Å². The maximum atomic E-state index is 14.0. The fraction of sp³-hybridized carbons (Fsp3) is 0.115. The second kappa shape index (κ2) is 10.8. The van der Waals surface area contributed by atoms with Crippen LogP contribution in [0.3, 0.4) is 0 Å². The molecule has 2 amide bonds. The molecular weight excluding hydrogens is 493 g/mol. The molecule has 1 aliphatic heterocycles. The van der Waals surface area contributed by atoms with E-state index in [-0.39, 0.29) is 22.8 Å². The summed E-state index contributed by atoms with van der Waals surface area (Å²) < 4.78 is 25.1. The van der Waals surface area contributed by atoms with Gasteiger partial charge >= 0.3 is 5.97 Å². The Kier molecular flexibility index (Phi) is 7.53. The molecule has 0 spiro atoms. The first-order chi connectivity index (χ1) is 16.9. The zero-order chi connectivity index (χ0) is 24.9. The molecule has 1 aliphatic rings. The first-order valence-electron chi connectivity index (χ1n) is 10.6. The number of hydrogen-bond acceptors (Lipinski definition) is 6. The van der Waals surface area contributed by atoms with Crippen molar-refractivity contribution < 1.29 is 28.2 Å². The molecule has 0 aliphatic carbocycles. The van der Waals surface area contributed by atoms with E-state index in [0.29, 0.717) is 28.5 Å². The summed E-state index contributed by atoms with van der Waals surface area (Å²) in [4.78, 5) is 38.9. The van der Waals surface area contributed by atoms with Crippen LogP contribution in [0.1, 0.15) is 28.4 Å². The van der Waals surface area contributed by atoms with E-state index in [1.165, 1.54) is 12.1 Å². The highest BCUT2D eigenvalue weighted by Gasteiger charge is 2.35. The van der Waals surface area contributed by atoms with E-state index in [0.717, 1.165) is 16.7 Å². The summed E-state index contributed by atoms with van der Waals surface area (Å²) in [5.74, 6) is -1.07. The molecule has 0 unspecified atom stereocenters. The Morgan fingerprint density at radius 2 is 1.80 bits per heavy atom. The maximum absolute atomic E-state index is 14.0. The van der Waals surface area contributed by atoms with E-state index in [1.807, 2.05) is 0 Å². The number of nitrogens with zero attached hydrogens (tertiary/aromatic N) is 1. The van der Waals surface area contributed by atoms with Gasteiger partial charge in [-0.1, -0.05) is 35.9 Å². The maximum Gasteiger partial charge on any atom is 0.343 e. The number of thioether (sulfide) groups is 1. The minimum Gasteiger partial charge on any atom is -0.490 e. The molecule has 3 aromatic carbocycles. The van der Waals surface area contributed by atoms with E-state index in [4.69, 9.17) is 21.1 Å². The molecule has 1 fully saturated rings. The van der Waals surface area contributed by atoms with Crippen LogP contribution in [0.5, 0.6) is 11.5 Å². The molecule has 35 heavy (non-hydrogen) atoms. The van der Waals surface area contributed by atoms with Crippen LogP contribution in [0.2, 0.25) is 5.02 Å². The summed E-state index contributed by atoms with van der Waals surface area (Å²) in [5.41, 5.74) is 1.14. The lowest BCUT2D eigenvalue weighted by Gasteiger charge is -2.13. The first kappa shape index (κ1) is 24.5. The predicted molar refractivity (Wildman–Crippen MR) is 132 cm³/mol. The van der Waals surface area contributed by atoms with Crippen molar-refractivity contribution in [1.82, 2.24) is 4.90 Å². The molecule has 3 aromatic rings. The van der Waals surface area contributed by atoms with E-state index in [1.54, 1.807) is 67.6 Å². The number of carbonyl (C=O) groups excluding carboxylic acids is 3.